The van der Waals surface area contributed by atoms with E-state index in [4.69, 9.17) is 4.74 Å². The zero-order valence-electron chi connectivity index (χ0n) is 15.1. The van der Waals surface area contributed by atoms with Crippen molar-refractivity contribution in [3.8, 4) is 5.75 Å². The molecule has 0 heterocycles. The lowest BCUT2D eigenvalue weighted by atomic mass is 10.2. The fraction of sp³-hybridized carbons (Fsp3) is 0.316. The number of benzene rings is 2. The van der Waals surface area contributed by atoms with Gasteiger partial charge in [-0.05, 0) is 43.3 Å². The van der Waals surface area contributed by atoms with E-state index in [-0.39, 0.29) is 36.0 Å². The van der Waals surface area contributed by atoms with E-state index in [2.05, 4.69) is 5.32 Å². The predicted octanol–water partition coefficient (Wildman–Crippen LogP) is 3.37. The standard InChI is InChI=1S/C19H20F3NO4S/c1-14-2-8-17(9-3-14)28(25,26)13-10-18(24)23-11-12-27-16-6-4-15(5-7-16)19(20,21)22/h2-9H,10-13H2,1H3,(H,23,24). The average molecular weight is 415 g/mol. The normalized spacial score (nSPS) is 11.9. The van der Waals surface area contributed by atoms with E-state index in [0.717, 1.165) is 17.7 Å². The van der Waals surface area contributed by atoms with Crippen LogP contribution >= 0.6 is 0 Å². The summed E-state index contributed by atoms with van der Waals surface area (Å²) in [5.74, 6) is -0.530. The maximum Gasteiger partial charge on any atom is 0.416 e. The maximum absolute atomic E-state index is 12.5. The van der Waals surface area contributed by atoms with Crippen LogP contribution in [0.25, 0.3) is 0 Å². The van der Waals surface area contributed by atoms with Gasteiger partial charge in [0.05, 0.1) is 22.8 Å². The molecule has 1 amide bonds. The molecule has 5 nitrogen and oxygen atoms in total. The molecule has 0 saturated heterocycles. The number of ether oxygens (including phenoxy) is 1. The molecule has 0 aliphatic carbocycles. The first-order chi connectivity index (χ1) is 13.1. The van der Waals surface area contributed by atoms with E-state index in [1.165, 1.54) is 24.3 Å². The van der Waals surface area contributed by atoms with Crippen molar-refractivity contribution in [1.82, 2.24) is 5.32 Å². The van der Waals surface area contributed by atoms with Crippen LogP contribution < -0.4 is 10.1 Å². The summed E-state index contributed by atoms with van der Waals surface area (Å²) < 4.78 is 67.0. The third-order valence-electron chi connectivity index (χ3n) is 3.85. The molecule has 0 radical (unpaired) electrons. The van der Waals surface area contributed by atoms with Crippen molar-refractivity contribution < 1.29 is 31.1 Å². The Bertz CT molecular complexity index is 892. The van der Waals surface area contributed by atoms with Crippen molar-refractivity contribution in [3.05, 3.63) is 59.7 Å². The third-order valence-corrected chi connectivity index (χ3v) is 5.58. The topological polar surface area (TPSA) is 72.5 Å². The molecule has 0 atom stereocenters. The van der Waals surface area contributed by atoms with Crippen molar-refractivity contribution in [2.24, 2.45) is 0 Å². The average Bonchev–Trinajstić information content (AvgIpc) is 2.64. The second-order valence-corrected chi connectivity index (χ2v) is 8.21. The van der Waals surface area contributed by atoms with Gasteiger partial charge in [0.15, 0.2) is 9.84 Å². The van der Waals surface area contributed by atoms with E-state index >= 15 is 0 Å². The molecule has 0 spiro atoms. The van der Waals surface area contributed by atoms with Crippen LogP contribution in [0.15, 0.2) is 53.4 Å². The molecule has 0 aliphatic heterocycles. The quantitative estimate of drug-likeness (QED) is 0.671. The largest absolute Gasteiger partial charge is 0.492 e. The van der Waals surface area contributed by atoms with Gasteiger partial charge in [-0.15, -0.1) is 0 Å². The van der Waals surface area contributed by atoms with Gasteiger partial charge in [0.2, 0.25) is 5.91 Å². The van der Waals surface area contributed by atoms with Crippen LogP contribution in [0.3, 0.4) is 0 Å². The number of hydrogen-bond acceptors (Lipinski definition) is 4. The zero-order chi connectivity index (χ0) is 20.8. The summed E-state index contributed by atoms with van der Waals surface area (Å²) in [6.07, 6.45) is -4.61. The van der Waals surface area contributed by atoms with E-state index in [1.54, 1.807) is 12.1 Å². The van der Waals surface area contributed by atoms with E-state index in [1.807, 2.05) is 6.92 Å². The lowest BCUT2D eigenvalue weighted by Gasteiger charge is -2.10. The molecule has 9 heteroatoms. The molecule has 28 heavy (non-hydrogen) atoms. The first kappa shape index (κ1) is 21.7. The molecule has 1 N–H and O–H groups in total. The van der Waals surface area contributed by atoms with Crippen molar-refractivity contribution >= 4 is 15.7 Å². The van der Waals surface area contributed by atoms with E-state index < -0.39 is 27.5 Å². The van der Waals surface area contributed by atoms with Crippen LogP contribution in [0.5, 0.6) is 5.75 Å². The molecule has 0 unspecified atom stereocenters. The first-order valence-corrected chi connectivity index (χ1v) is 10.1. The minimum atomic E-state index is -4.41. The Kier molecular flexibility index (Phi) is 7.06. The number of amides is 1. The van der Waals surface area contributed by atoms with Crippen LogP contribution in [0.1, 0.15) is 17.5 Å². The highest BCUT2D eigenvalue weighted by atomic mass is 32.2. The Morgan fingerprint density at radius 2 is 1.64 bits per heavy atom. The van der Waals surface area contributed by atoms with Gasteiger partial charge in [-0.25, -0.2) is 8.42 Å². The number of hydrogen-bond donors (Lipinski definition) is 1. The Labute approximate surface area is 161 Å². The van der Waals surface area contributed by atoms with Gasteiger partial charge in [-0.1, -0.05) is 17.7 Å². The smallest absolute Gasteiger partial charge is 0.416 e. The fourth-order valence-corrected chi connectivity index (χ4v) is 3.52. The zero-order valence-corrected chi connectivity index (χ0v) is 15.9. The summed E-state index contributed by atoms with van der Waals surface area (Å²) in [4.78, 5) is 11.9. The molecule has 152 valence electrons. The van der Waals surface area contributed by atoms with E-state index in [0.29, 0.717) is 0 Å². The number of carbonyl (C=O) groups is 1. The van der Waals surface area contributed by atoms with Gasteiger partial charge < -0.3 is 10.1 Å². The second-order valence-electron chi connectivity index (χ2n) is 6.10. The fourth-order valence-electron chi connectivity index (χ4n) is 2.28. The van der Waals surface area contributed by atoms with Gasteiger partial charge in [-0.3, -0.25) is 4.79 Å². The van der Waals surface area contributed by atoms with Gasteiger partial charge >= 0.3 is 6.18 Å². The molecule has 0 bridgehead atoms. The highest BCUT2D eigenvalue weighted by molar-refractivity contribution is 7.91. The highest BCUT2D eigenvalue weighted by Crippen LogP contribution is 2.30. The van der Waals surface area contributed by atoms with Crippen LogP contribution in [0, 0.1) is 6.92 Å². The minimum Gasteiger partial charge on any atom is -0.492 e. The lowest BCUT2D eigenvalue weighted by Crippen LogP contribution is -2.29. The Morgan fingerprint density at radius 1 is 1.04 bits per heavy atom. The number of aryl methyl sites for hydroxylation is 1. The van der Waals surface area contributed by atoms with Crippen molar-refractivity contribution in [3.63, 3.8) is 0 Å². The maximum atomic E-state index is 12.5. The number of rotatable bonds is 8. The number of halogens is 3. The number of carbonyl (C=O) groups excluding carboxylic acids is 1. The highest BCUT2D eigenvalue weighted by Gasteiger charge is 2.30. The Morgan fingerprint density at radius 3 is 2.21 bits per heavy atom. The Hall–Kier alpha value is -2.55. The van der Waals surface area contributed by atoms with Gasteiger partial charge in [0.25, 0.3) is 0 Å². The molecule has 2 rings (SSSR count). The number of sulfone groups is 1. The van der Waals surface area contributed by atoms with Crippen LogP contribution in [0.4, 0.5) is 13.2 Å². The molecule has 2 aromatic carbocycles. The molecule has 0 aromatic heterocycles. The summed E-state index contributed by atoms with van der Waals surface area (Å²) in [6, 6.07) is 10.6. The van der Waals surface area contributed by atoms with Gasteiger partial charge in [-0.2, -0.15) is 13.2 Å². The molecular weight excluding hydrogens is 395 g/mol. The Balaban J connectivity index is 1.72. The molecule has 2 aromatic rings. The van der Waals surface area contributed by atoms with Crippen LogP contribution in [-0.4, -0.2) is 33.2 Å². The number of alkyl halides is 3. The molecule has 0 aliphatic rings. The van der Waals surface area contributed by atoms with Gasteiger partial charge in [0, 0.05) is 6.42 Å². The third kappa shape index (κ3) is 6.56. The molecular formula is C19H20F3NO4S. The predicted molar refractivity (Wildman–Crippen MR) is 97.8 cm³/mol. The summed E-state index contributed by atoms with van der Waals surface area (Å²) in [5.41, 5.74) is 0.160. The van der Waals surface area contributed by atoms with Gasteiger partial charge in [0.1, 0.15) is 12.4 Å². The lowest BCUT2D eigenvalue weighted by molar-refractivity contribution is -0.137. The van der Waals surface area contributed by atoms with Crippen molar-refractivity contribution in [2.45, 2.75) is 24.4 Å². The summed E-state index contributed by atoms with van der Waals surface area (Å²) in [6.45, 7) is 1.99. The summed E-state index contributed by atoms with van der Waals surface area (Å²) in [7, 11) is -3.55. The summed E-state index contributed by atoms with van der Waals surface area (Å²) >= 11 is 0. The number of nitrogens with one attached hydrogen (secondary N) is 1. The second kappa shape index (κ2) is 9.09. The first-order valence-electron chi connectivity index (χ1n) is 8.44. The monoisotopic (exact) mass is 415 g/mol. The van der Waals surface area contributed by atoms with E-state index in [9.17, 15) is 26.4 Å². The molecule has 0 saturated carbocycles. The van der Waals surface area contributed by atoms with Crippen molar-refractivity contribution in [1.29, 1.82) is 0 Å². The SMILES string of the molecule is Cc1ccc(S(=O)(=O)CCC(=O)NCCOc2ccc(C(F)(F)F)cc2)cc1. The van der Waals surface area contributed by atoms with Crippen LogP contribution in [0.2, 0.25) is 0 Å². The minimum absolute atomic E-state index is 0.0435. The van der Waals surface area contributed by atoms with Crippen molar-refractivity contribution in [2.75, 3.05) is 18.9 Å². The van der Waals surface area contributed by atoms with Crippen LogP contribution in [-0.2, 0) is 20.8 Å². The summed E-state index contributed by atoms with van der Waals surface area (Å²) in [5, 5.41) is 2.51. The molecule has 0 fully saturated rings.